The van der Waals surface area contributed by atoms with Crippen LogP contribution in [0, 0.1) is 0 Å². The van der Waals surface area contributed by atoms with Gasteiger partial charge in [-0.1, -0.05) is 54.5 Å². The van der Waals surface area contributed by atoms with Crippen LogP contribution in [0.25, 0.3) is 11.3 Å². The summed E-state index contributed by atoms with van der Waals surface area (Å²) in [6, 6.07) is 10.0. The number of carboxylic acids is 1. The number of benzene rings is 1. The summed E-state index contributed by atoms with van der Waals surface area (Å²) in [4.78, 5) is 18.6. The number of carboxylic acid groups (broad SMARTS) is 1. The minimum atomic E-state index is -0.905. The van der Waals surface area contributed by atoms with Gasteiger partial charge in [-0.05, 0) is 12.8 Å². The van der Waals surface area contributed by atoms with Crippen LogP contribution in [0.1, 0.15) is 35.4 Å². The van der Waals surface area contributed by atoms with E-state index in [1.165, 1.54) is 37.0 Å². The molecule has 1 N–H and O–H groups in total. The van der Waals surface area contributed by atoms with Gasteiger partial charge in [-0.3, -0.25) is 0 Å². The number of nitrogens with zero attached hydrogens (tertiary/aromatic N) is 2. The van der Waals surface area contributed by atoms with Crippen LogP contribution in [0.15, 0.2) is 30.3 Å². The van der Waals surface area contributed by atoms with Gasteiger partial charge in [-0.25, -0.2) is 9.78 Å². The van der Waals surface area contributed by atoms with Crippen molar-refractivity contribution in [1.29, 1.82) is 0 Å². The molecule has 0 amide bonds. The van der Waals surface area contributed by atoms with Gasteiger partial charge in [0, 0.05) is 18.7 Å². The van der Waals surface area contributed by atoms with E-state index in [0.29, 0.717) is 16.6 Å². The van der Waals surface area contributed by atoms with Crippen molar-refractivity contribution in [2.45, 2.75) is 31.7 Å². The van der Waals surface area contributed by atoms with Crippen molar-refractivity contribution in [2.24, 2.45) is 0 Å². The number of rotatable bonds is 4. The molecule has 1 heterocycles. The zero-order chi connectivity index (χ0) is 14.8. The van der Waals surface area contributed by atoms with Crippen molar-refractivity contribution in [1.82, 2.24) is 4.98 Å². The van der Waals surface area contributed by atoms with E-state index >= 15 is 0 Å². The maximum atomic E-state index is 11.5. The molecule has 1 aromatic carbocycles. The van der Waals surface area contributed by atoms with E-state index in [4.69, 9.17) is 0 Å². The predicted molar refractivity (Wildman–Crippen MR) is 85.2 cm³/mol. The summed E-state index contributed by atoms with van der Waals surface area (Å²) in [7, 11) is 2.02. The highest BCUT2D eigenvalue weighted by Gasteiger charge is 2.25. The summed E-state index contributed by atoms with van der Waals surface area (Å²) in [6.45, 7) is 0. The normalized spacial score (nSPS) is 15.3. The zero-order valence-corrected chi connectivity index (χ0v) is 12.8. The second-order valence-corrected chi connectivity index (χ2v) is 6.37. The van der Waals surface area contributed by atoms with Crippen LogP contribution >= 0.6 is 11.3 Å². The van der Waals surface area contributed by atoms with Gasteiger partial charge >= 0.3 is 5.97 Å². The average Bonchev–Trinajstić information content (AvgIpc) is 3.17. The average molecular weight is 302 g/mol. The van der Waals surface area contributed by atoms with Gasteiger partial charge in [0.05, 0.1) is 5.69 Å². The molecule has 2 aromatic rings. The minimum Gasteiger partial charge on any atom is -0.477 e. The Balaban J connectivity index is 1.98. The molecule has 0 unspecified atom stereocenters. The molecule has 1 aliphatic rings. The molecule has 0 atom stereocenters. The fraction of sp³-hybridized carbons (Fsp3) is 0.375. The number of thiazole rings is 1. The molecular formula is C16H18N2O2S. The topological polar surface area (TPSA) is 53.4 Å². The quantitative estimate of drug-likeness (QED) is 0.931. The molecule has 0 spiro atoms. The van der Waals surface area contributed by atoms with Crippen LogP contribution in [0.4, 0.5) is 5.13 Å². The minimum absolute atomic E-state index is 0.320. The van der Waals surface area contributed by atoms with Crippen molar-refractivity contribution in [2.75, 3.05) is 11.9 Å². The summed E-state index contributed by atoms with van der Waals surface area (Å²) in [5.74, 6) is -0.905. The smallest absolute Gasteiger partial charge is 0.348 e. The second kappa shape index (κ2) is 5.85. The molecule has 0 radical (unpaired) electrons. The van der Waals surface area contributed by atoms with Crippen LogP contribution in [0.2, 0.25) is 0 Å². The molecule has 0 bridgehead atoms. The Kier molecular flexibility index (Phi) is 3.92. The molecule has 4 nitrogen and oxygen atoms in total. The van der Waals surface area contributed by atoms with E-state index in [0.717, 1.165) is 10.7 Å². The van der Waals surface area contributed by atoms with Gasteiger partial charge < -0.3 is 10.0 Å². The van der Waals surface area contributed by atoms with Gasteiger partial charge in [0.15, 0.2) is 5.13 Å². The molecule has 0 aliphatic heterocycles. The van der Waals surface area contributed by atoms with Crippen LogP contribution < -0.4 is 4.90 Å². The molecule has 110 valence electrons. The van der Waals surface area contributed by atoms with Gasteiger partial charge in [0.25, 0.3) is 0 Å². The van der Waals surface area contributed by atoms with E-state index in [1.807, 2.05) is 37.4 Å². The monoisotopic (exact) mass is 302 g/mol. The largest absolute Gasteiger partial charge is 0.477 e. The molecule has 21 heavy (non-hydrogen) atoms. The van der Waals surface area contributed by atoms with E-state index in [9.17, 15) is 9.90 Å². The highest BCUT2D eigenvalue weighted by molar-refractivity contribution is 7.17. The zero-order valence-electron chi connectivity index (χ0n) is 12.0. The Bertz CT molecular complexity index is 633. The van der Waals surface area contributed by atoms with Crippen LogP contribution in [-0.2, 0) is 0 Å². The first-order chi connectivity index (χ1) is 10.2. The predicted octanol–water partition coefficient (Wildman–Crippen LogP) is 3.89. The Labute approximate surface area is 128 Å². The molecule has 5 heteroatoms. The van der Waals surface area contributed by atoms with Crippen LogP contribution in [0.3, 0.4) is 0 Å². The molecule has 3 rings (SSSR count). The van der Waals surface area contributed by atoms with Gasteiger partial charge in [0.2, 0.25) is 0 Å². The summed E-state index contributed by atoms with van der Waals surface area (Å²) >= 11 is 1.27. The number of anilines is 1. The summed E-state index contributed by atoms with van der Waals surface area (Å²) < 4.78 is 0. The number of hydrogen-bond donors (Lipinski definition) is 1. The highest BCUT2D eigenvalue weighted by Crippen LogP contribution is 2.35. The van der Waals surface area contributed by atoms with Gasteiger partial charge in [-0.2, -0.15) is 0 Å². The summed E-state index contributed by atoms with van der Waals surface area (Å²) in [5.41, 5.74) is 1.44. The SMILES string of the molecule is CN(c1nc(-c2ccccc2)c(C(=O)O)s1)C1CCCC1. The standard InChI is InChI=1S/C16H18N2O2S/c1-18(12-9-5-6-10-12)16-17-13(14(21-16)15(19)20)11-7-3-2-4-8-11/h2-4,7-8,12H,5-6,9-10H2,1H3,(H,19,20). The van der Waals surface area contributed by atoms with E-state index in [2.05, 4.69) is 9.88 Å². The fourth-order valence-electron chi connectivity index (χ4n) is 2.84. The molecule has 1 aromatic heterocycles. The lowest BCUT2D eigenvalue weighted by Gasteiger charge is -2.23. The Morgan fingerprint density at radius 3 is 2.57 bits per heavy atom. The number of aromatic carboxylic acids is 1. The first-order valence-electron chi connectivity index (χ1n) is 7.19. The second-order valence-electron chi connectivity index (χ2n) is 5.39. The lowest BCUT2D eigenvalue weighted by molar-refractivity contribution is 0.0702. The third-order valence-electron chi connectivity index (χ3n) is 4.03. The molecule has 0 saturated heterocycles. The Morgan fingerprint density at radius 1 is 1.29 bits per heavy atom. The van der Waals surface area contributed by atoms with E-state index in [1.54, 1.807) is 0 Å². The summed E-state index contributed by atoms with van der Waals surface area (Å²) in [6.07, 6.45) is 4.83. The number of carbonyl (C=O) groups is 1. The number of hydrogen-bond acceptors (Lipinski definition) is 4. The van der Waals surface area contributed by atoms with E-state index < -0.39 is 5.97 Å². The third-order valence-corrected chi connectivity index (χ3v) is 5.17. The number of aromatic nitrogens is 1. The maximum Gasteiger partial charge on any atom is 0.348 e. The van der Waals surface area contributed by atoms with Gasteiger partial charge in [0.1, 0.15) is 4.88 Å². The molecular weight excluding hydrogens is 284 g/mol. The Morgan fingerprint density at radius 2 is 1.95 bits per heavy atom. The highest BCUT2D eigenvalue weighted by atomic mass is 32.1. The third kappa shape index (κ3) is 2.78. The lowest BCUT2D eigenvalue weighted by atomic mass is 10.1. The van der Waals surface area contributed by atoms with Gasteiger partial charge in [-0.15, -0.1) is 0 Å². The van der Waals surface area contributed by atoms with Crippen LogP contribution in [-0.4, -0.2) is 29.1 Å². The Hall–Kier alpha value is -1.88. The van der Waals surface area contributed by atoms with Crippen LogP contribution in [0.5, 0.6) is 0 Å². The summed E-state index contributed by atoms with van der Waals surface area (Å²) in [5, 5.41) is 10.2. The maximum absolute atomic E-state index is 11.5. The van der Waals surface area contributed by atoms with Crippen molar-refractivity contribution >= 4 is 22.4 Å². The van der Waals surface area contributed by atoms with Crippen molar-refractivity contribution in [3.05, 3.63) is 35.2 Å². The van der Waals surface area contributed by atoms with Crippen molar-refractivity contribution < 1.29 is 9.90 Å². The first-order valence-corrected chi connectivity index (χ1v) is 8.01. The first kappa shape index (κ1) is 14.1. The molecule has 1 fully saturated rings. The fourth-order valence-corrected chi connectivity index (χ4v) is 3.80. The van der Waals surface area contributed by atoms with Crippen molar-refractivity contribution in [3.8, 4) is 11.3 Å². The lowest BCUT2D eigenvalue weighted by Crippen LogP contribution is -2.28. The van der Waals surface area contributed by atoms with Crippen molar-refractivity contribution in [3.63, 3.8) is 0 Å². The van der Waals surface area contributed by atoms with E-state index in [-0.39, 0.29) is 0 Å². The molecule has 1 aliphatic carbocycles. The molecule has 1 saturated carbocycles.